The third-order valence-electron chi connectivity index (χ3n) is 11.1. The van der Waals surface area contributed by atoms with E-state index in [1.165, 1.54) is 16.7 Å². The van der Waals surface area contributed by atoms with Crippen molar-refractivity contribution in [2.75, 3.05) is 4.90 Å². The van der Waals surface area contributed by atoms with E-state index in [9.17, 15) is 0 Å². The van der Waals surface area contributed by atoms with E-state index in [1.54, 1.807) is 0 Å². The number of nitrogens with zero attached hydrogens (tertiary/aromatic N) is 2. The molecule has 0 atom stereocenters. The van der Waals surface area contributed by atoms with Crippen LogP contribution in [0.3, 0.4) is 0 Å². The molecule has 0 bridgehead atoms. The molecule has 2 aromatic heterocycles. The van der Waals surface area contributed by atoms with Gasteiger partial charge in [-0.05, 0) is 106 Å². The quantitative estimate of drug-likeness (QED) is 0.155. The fraction of sp³-hybridized carbons (Fsp3) is 0. The zero-order valence-corrected chi connectivity index (χ0v) is 32.0. The maximum atomic E-state index is 6.53. The van der Waals surface area contributed by atoms with E-state index >= 15 is 0 Å². The third kappa shape index (κ3) is 6.43. The summed E-state index contributed by atoms with van der Waals surface area (Å²) in [7, 11) is 0. The molecule has 278 valence electrons. The van der Waals surface area contributed by atoms with Crippen molar-refractivity contribution in [3.8, 4) is 56.0 Å². The molecule has 0 amide bonds. The van der Waals surface area contributed by atoms with Gasteiger partial charge in [0.25, 0.3) is 0 Å². The lowest BCUT2D eigenvalue weighted by atomic mass is 9.95. The molecule has 4 nitrogen and oxygen atoms in total. The average Bonchev–Trinajstić information content (AvgIpc) is 3.90. The van der Waals surface area contributed by atoms with Crippen molar-refractivity contribution < 1.29 is 8.83 Å². The molecule has 11 rings (SSSR count). The molecule has 0 saturated carbocycles. The Morgan fingerprint density at radius 2 is 0.864 bits per heavy atom. The average molecular weight is 757 g/mol. The van der Waals surface area contributed by atoms with Gasteiger partial charge in [-0.15, -0.1) is 0 Å². The highest BCUT2D eigenvalue weighted by Crippen LogP contribution is 2.44. The topological polar surface area (TPSA) is 42.4 Å². The molecule has 0 aliphatic rings. The van der Waals surface area contributed by atoms with Crippen LogP contribution in [0.15, 0.2) is 227 Å². The van der Waals surface area contributed by atoms with Gasteiger partial charge in [-0.2, -0.15) is 0 Å². The molecule has 0 aliphatic carbocycles. The fourth-order valence-corrected chi connectivity index (χ4v) is 8.16. The second kappa shape index (κ2) is 14.5. The first-order valence-corrected chi connectivity index (χ1v) is 19.9. The van der Waals surface area contributed by atoms with Crippen LogP contribution < -0.4 is 4.90 Å². The summed E-state index contributed by atoms with van der Waals surface area (Å²) in [6.45, 7) is 0. The van der Waals surface area contributed by atoms with Crippen LogP contribution in [0.5, 0.6) is 0 Å². The fourth-order valence-electron chi connectivity index (χ4n) is 8.16. The standard InChI is InChI=1S/C55H36N2O2/c1-5-14-37(15-6-1)39-24-28-45(29-25-39)57(46-23-13-22-42(32-46)38-16-7-2-8-17-38)51-31-27-43(33-48(51)40-18-9-3-10-19-40)44-26-30-47-49-35-54-50(36-53(49)58-52(47)34-44)56-55(59-54)41-20-11-4-12-21-41/h1-36H. The van der Waals surface area contributed by atoms with E-state index in [-0.39, 0.29) is 0 Å². The van der Waals surface area contributed by atoms with Crippen LogP contribution in [0, 0.1) is 0 Å². The molecule has 0 fully saturated rings. The molecular formula is C55H36N2O2. The summed E-state index contributed by atoms with van der Waals surface area (Å²) >= 11 is 0. The zero-order chi connectivity index (χ0) is 39.1. The number of hydrogen-bond acceptors (Lipinski definition) is 4. The Morgan fingerprint density at radius 3 is 1.58 bits per heavy atom. The molecule has 0 unspecified atom stereocenters. The van der Waals surface area contributed by atoms with Crippen molar-refractivity contribution in [1.82, 2.24) is 4.98 Å². The van der Waals surface area contributed by atoms with Crippen molar-refractivity contribution in [2.24, 2.45) is 0 Å². The van der Waals surface area contributed by atoms with Gasteiger partial charge in [0.15, 0.2) is 5.58 Å². The van der Waals surface area contributed by atoms with Crippen LogP contribution in [0.2, 0.25) is 0 Å². The highest BCUT2D eigenvalue weighted by Gasteiger charge is 2.20. The van der Waals surface area contributed by atoms with Gasteiger partial charge < -0.3 is 13.7 Å². The van der Waals surface area contributed by atoms with Gasteiger partial charge in [-0.25, -0.2) is 4.98 Å². The van der Waals surface area contributed by atoms with Crippen molar-refractivity contribution in [3.63, 3.8) is 0 Å². The molecule has 0 spiro atoms. The molecule has 9 aromatic carbocycles. The molecule has 0 N–H and O–H groups in total. The maximum absolute atomic E-state index is 6.53. The number of anilines is 3. The summed E-state index contributed by atoms with van der Waals surface area (Å²) in [6.07, 6.45) is 0. The van der Waals surface area contributed by atoms with Crippen molar-refractivity contribution in [3.05, 3.63) is 218 Å². The third-order valence-corrected chi connectivity index (χ3v) is 11.1. The van der Waals surface area contributed by atoms with Gasteiger partial charge in [0, 0.05) is 39.3 Å². The van der Waals surface area contributed by atoms with Gasteiger partial charge in [-0.3, -0.25) is 0 Å². The summed E-state index contributed by atoms with van der Waals surface area (Å²) < 4.78 is 12.8. The Hall–Kier alpha value is -7.95. The van der Waals surface area contributed by atoms with E-state index in [0.717, 1.165) is 83.5 Å². The van der Waals surface area contributed by atoms with Crippen LogP contribution in [0.1, 0.15) is 0 Å². The Morgan fingerprint density at radius 1 is 0.322 bits per heavy atom. The van der Waals surface area contributed by atoms with Gasteiger partial charge in [0.1, 0.15) is 16.7 Å². The second-order valence-electron chi connectivity index (χ2n) is 14.8. The first-order valence-electron chi connectivity index (χ1n) is 19.9. The molecule has 4 heteroatoms. The van der Waals surface area contributed by atoms with E-state index < -0.39 is 0 Å². The van der Waals surface area contributed by atoms with Crippen molar-refractivity contribution in [1.29, 1.82) is 0 Å². The summed E-state index contributed by atoms with van der Waals surface area (Å²) in [5, 5.41) is 2.04. The predicted molar refractivity (Wildman–Crippen MR) is 243 cm³/mol. The summed E-state index contributed by atoms with van der Waals surface area (Å²) in [5.41, 5.74) is 16.4. The van der Waals surface area contributed by atoms with Gasteiger partial charge in [0.05, 0.1) is 5.69 Å². The lowest BCUT2D eigenvalue weighted by Crippen LogP contribution is -2.11. The van der Waals surface area contributed by atoms with E-state index in [1.807, 2.05) is 42.5 Å². The summed E-state index contributed by atoms with van der Waals surface area (Å²) in [4.78, 5) is 7.16. The lowest BCUT2D eigenvalue weighted by Gasteiger charge is -2.29. The minimum atomic E-state index is 0.601. The van der Waals surface area contributed by atoms with Crippen LogP contribution in [0.4, 0.5) is 17.1 Å². The van der Waals surface area contributed by atoms with Gasteiger partial charge in [0.2, 0.25) is 5.89 Å². The number of benzene rings is 9. The van der Waals surface area contributed by atoms with Crippen LogP contribution in [0.25, 0.3) is 89.0 Å². The number of rotatable bonds is 8. The number of fused-ring (bicyclic) bond motifs is 4. The van der Waals surface area contributed by atoms with Crippen LogP contribution >= 0.6 is 0 Å². The van der Waals surface area contributed by atoms with Gasteiger partial charge >= 0.3 is 0 Å². The van der Waals surface area contributed by atoms with E-state index in [2.05, 4.69) is 181 Å². The minimum Gasteiger partial charge on any atom is -0.456 e. The number of hydrogen-bond donors (Lipinski definition) is 0. The van der Waals surface area contributed by atoms with Crippen molar-refractivity contribution >= 4 is 50.1 Å². The van der Waals surface area contributed by atoms with Crippen LogP contribution in [-0.4, -0.2) is 4.98 Å². The van der Waals surface area contributed by atoms with E-state index in [0.29, 0.717) is 5.89 Å². The Labute approximate surface area is 341 Å². The Kier molecular flexibility index (Phi) is 8.45. The number of furan rings is 1. The SMILES string of the molecule is c1ccc(-c2ccc(N(c3cccc(-c4ccccc4)c3)c3ccc(-c4ccc5c(c4)oc4cc6nc(-c7ccccc7)oc6cc45)cc3-c3ccccc3)cc2)cc1. The molecule has 0 aliphatic heterocycles. The Bertz CT molecular complexity index is 3240. The largest absolute Gasteiger partial charge is 0.456 e. The zero-order valence-electron chi connectivity index (χ0n) is 32.0. The molecular weight excluding hydrogens is 721 g/mol. The summed E-state index contributed by atoms with van der Waals surface area (Å²) in [6, 6.07) is 76.7. The molecule has 0 radical (unpaired) electrons. The van der Waals surface area contributed by atoms with E-state index in [4.69, 9.17) is 13.8 Å². The Balaban J connectivity index is 1.03. The first kappa shape index (κ1) is 34.3. The number of aromatic nitrogens is 1. The van der Waals surface area contributed by atoms with Crippen LogP contribution in [-0.2, 0) is 0 Å². The first-order chi connectivity index (χ1) is 29.2. The second-order valence-corrected chi connectivity index (χ2v) is 14.8. The molecule has 11 aromatic rings. The predicted octanol–water partition coefficient (Wildman–Crippen LogP) is 15.5. The number of oxazole rings is 1. The minimum absolute atomic E-state index is 0.601. The van der Waals surface area contributed by atoms with Gasteiger partial charge in [-0.1, -0.05) is 146 Å². The summed E-state index contributed by atoms with van der Waals surface area (Å²) in [5.74, 6) is 0.601. The smallest absolute Gasteiger partial charge is 0.227 e. The monoisotopic (exact) mass is 756 g/mol. The molecule has 0 saturated heterocycles. The van der Waals surface area contributed by atoms with Crippen molar-refractivity contribution in [2.45, 2.75) is 0 Å². The molecule has 2 heterocycles. The maximum Gasteiger partial charge on any atom is 0.227 e. The normalized spacial score (nSPS) is 11.4. The highest BCUT2D eigenvalue weighted by atomic mass is 16.4. The highest BCUT2D eigenvalue weighted by molar-refractivity contribution is 6.09. The molecule has 59 heavy (non-hydrogen) atoms. The lowest BCUT2D eigenvalue weighted by molar-refractivity contribution is 0.620.